The van der Waals surface area contributed by atoms with E-state index in [0.29, 0.717) is 12.2 Å². The predicted octanol–water partition coefficient (Wildman–Crippen LogP) is 1.86. The molecule has 0 aromatic rings. The van der Waals surface area contributed by atoms with E-state index in [1.54, 1.807) is 0 Å². The first-order valence-corrected chi connectivity index (χ1v) is 7.03. The molecule has 4 atom stereocenters. The topological polar surface area (TPSA) is 38.5 Å². The standard InChI is InChI=1S/C14H28N2O/c1-10-5-13(10)8-16(4)14(9-15)6-11(2)17-12(3)7-14/h10-13H,5-9,15H2,1-4H3. The molecule has 2 aliphatic rings. The van der Waals surface area contributed by atoms with Gasteiger partial charge in [-0.15, -0.1) is 0 Å². The van der Waals surface area contributed by atoms with Crippen LogP contribution >= 0.6 is 0 Å². The SMILES string of the molecule is CC1CC(CN)(N(C)CC2CC2C)CC(C)O1. The number of hydrogen-bond donors (Lipinski definition) is 1. The highest BCUT2D eigenvalue weighted by Crippen LogP contribution is 2.41. The Kier molecular flexibility index (Phi) is 3.81. The van der Waals surface area contributed by atoms with Crippen LogP contribution in [0, 0.1) is 11.8 Å². The molecule has 0 aromatic heterocycles. The van der Waals surface area contributed by atoms with E-state index in [9.17, 15) is 0 Å². The van der Waals surface area contributed by atoms with Gasteiger partial charge in [0.1, 0.15) is 0 Å². The Labute approximate surface area is 106 Å². The van der Waals surface area contributed by atoms with Gasteiger partial charge in [-0.2, -0.15) is 0 Å². The second-order valence-corrected chi connectivity index (χ2v) is 6.45. The average Bonchev–Trinajstić information content (AvgIpc) is 2.92. The van der Waals surface area contributed by atoms with E-state index in [2.05, 4.69) is 32.7 Å². The van der Waals surface area contributed by atoms with E-state index < -0.39 is 0 Å². The van der Waals surface area contributed by atoms with Crippen LogP contribution < -0.4 is 5.73 Å². The van der Waals surface area contributed by atoms with Crippen LogP contribution in [0.5, 0.6) is 0 Å². The molecule has 0 aromatic carbocycles. The summed E-state index contributed by atoms with van der Waals surface area (Å²) in [6.45, 7) is 8.66. The first-order chi connectivity index (χ1) is 7.97. The van der Waals surface area contributed by atoms with Gasteiger partial charge in [-0.1, -0.05) is 6.92 Å². The van der Waals surface area contributed by atoms with Crippen LogP contribution in [0.2, 0.25) is 0 Å². The van der Waals surface area contributed by atoms with Crippen molar-refractivity contribution in [3.8, 4) is 0 Å². The van der Waals surface area contributed by atoms with Crippen molar-refractivity contribution >= 4 is 0 Å². The Morgan fingerprint density at radius 2 is 1.76 bits per heavy atom. The molecule has 1 aliphatic heterocycles. The molecule has 2 rings (SSSR count). The van der Waals surface area contributed by atoms with Crippen LogP contribution in [-0.4, -0.2) is 42.8 Å². The summed E-state index contributed by atoms with van der Waals surface area (Å²) >= 11 is 0. The van der Waals surface area contributed by atoms with Crippen LogP contribution in [0.3, 0.4) is 0 Å². The molecule has 1 aliphatic carbocycles. The van der Waals surface area contributed by atoms with Gasteiger partial charge in [0.2, 0.25) is 0 Å². The van der Waals surface area contributed by atoms with Gasteiger partial charge in [0.05, 0.1) is 12.2 Å². The van der Waals surface area contributed by atoms with E-state index in [4.69, 9.17) is 10.5 Å². The third-order valence-corrected chi connectivity index (χ3v) is 4.77. The minimum Gasteiger partial charge on any atom is -0.375 e. The molecule has 0 amide bonds. The lowest BCUT2D eigenvalue weighted by molar-refractivity contribution is -0.0984. The Hall–Kier alpha value is -0.120. The lowest BCUT2D eigenvalue weighted by Gasteiger charge is -2.48. The van der Waals surface area contributed by atoms with Crippen molar-refractivity contribution in [2.75, 3.05) is 20.1 Å². The average molecular weight is 240 g/mol. The molecule has 1 saturated heterocycles. The van der Waals surface area contributed by atoms with Crippen molar-refractivity contribution < 1.29 is 4.74 Å². The Balaban J connectivity index is 2.01. The third kappa shape index (κ3) is 2.83. The summed E-state index contributed by atoms with van der Waals surface area (Å²) in [4.78, 5) is 2.52. The van der Waals surface area contributed by atoms with Crippen LogP contribution in [-0.2, 0) is 4.74 Å². The fourth-order valence-corrected chi connectivity index (χ4v) is 3.48. The molecule has 17 heavy (non-hydrogen) atoms. The minimum atomic E-state index is 0.166. The Bertz CT molecular complexity index is 259. The summed E-state index contributed by atoms with van der Waals surface area (Å²) < 4.78 is 5.85. The second kappa shape index (κ2) is 4.87. The molecule has 4 unspecified atom stereocenters. The highest BCUT2D eigenvalue weighted by atomic mass is 16.5. The quantitative estimate of drug-likeness (QED) is 0.815. The number of nitrogens with zero attached hydrogens (tertiary/aromatic N) is 1. The molecular weight excluding hydrogens is 212 g/mol. The molecule has 1 saturated carbocycles. The number of ether oxygens (including phenoxy) is 1. The highest BCUT2D eigenvalue weighted by molar-refractivity contribution is 4.98. The maximum Gasteiger partial charge on any atom is 0.0568 e. The zero-order valence-electron chi connectivity index (χ0n) is 11.8. The summed E-state index contributed by atoms with van der Waals surface area (Å²) in [5, 5.41) is 0. The molecule has 2 N–H and O–H groups in total. The largest absolute Gasteiger partial charge is 0.375 e. The summed E-state index contributed by atoms with van der Waals surface area (Å²) in [5.74, 6) is 1.82. The van der Waals surface area contributed by atoms with Gasteiger partial charge < -0.3 is 10.5 Å². The van der Waals surface area contributed by atoms with Crippen molar-refractivity contribution in [2.45, 2.75) is 57.8 Å². The van der Waals surface area contributed by atoms with Crippen molar-refractivity contribution in [1.29, 1.82) is 0 Å². The lowest BCUT2D eigenvalue weighted by Crippen LogP contribution is -2.58. The zero-order chi connectivity index (χ0) is 12.6. The van der Waals surface area contributed by atoms with E-state index >= 15 is 0 Å². The van der Waals surface area contributed by atoms with Gasteiger partial charge in [0.25, 0.3) is 0 Å². The first kappa shape index (κ1) is 13.3. The van der Waals surface area contributed by atoms with Crippen LogP contribution in [0.1, 0.15) is 40.0 Å². The lowest BCUT2D eigenvalue weighted by atomic mass is 9.82. The van der Waals surface area contributed by atoms with Gasteiger partial charge in [0.15, 0.2) is 0 Å². The van der Waals surface area contributed by atoms with Gasteiger partial charge in [0, 0.05) is 18.6 Å². The number of likely N-dealkylation sites (N-methyl/N-ethyl adjacent to an activating group) is 1. The summed E-state index contributed by atoms with van der Waals surface area (Å²) in [6.07, 6.45) is 4.21. The predicted molar refractivity (Wildman–Crippen MR) is 70.9 cm³/mol. The molecule has 0 bridgehead atoms. The van der Waals surface area contributed by atoms with Gasteiger partial charge >= 0.3 is 0 Å². The van der Waals surface area contributed by atoms with Gasteiger partial charge in [-0.3, -0.25) is 4.90 Å². The summed E-state index contributed by atoms with van der Waals surface area (Å²) in [6, 6.07) is 0. The summed E-state index contributed by atoms with van der Waals surface area (Å²) in [5.41, 5.74) is 6.26. The smallest absolute Gasteiger partial charge is 0.0568 e. The van der Waals surface area contributed by atoms with Crippen LogP contribution in [0.25, 0.3) is 0 Å². The Morgan fingerprint density at radius 3 is 2.18 bits per heavy atom. The number of rotatable bonds is 4. The minimum absolute atomic E-state index is 0.166. The molecule has 1 heterocycles. The fourth-order valence-electron chi connectivity index (χ4n) is 3.48. The van der Waals surface area contributed by atoms with Gasteiger partial charge in [-0.05, 0) is 52.0 Å². The van der Waals surface area contributed by atoms with Gasteiger partial charge in [-0.25, -0.2) is 0 Å². The maximum absolute atomic E-state index is 6.10. The van der Waals surface area contributed by atoms with E-state index in [1.165, 1.54) is 13.0 Å². The van der Waals surface area contributed by atoms with Crippen molar-refractivity contribution in [2.24, 2.45) is 17.6 Å². The van der Waals surface area contributed by atoms with Crippen LogP contribution in [0.4, 0.5) is 0 Å². The monoisotopic (exact) mass is 240 g/mol. The molecule has 2 fully saturated rings. The molecule has 3 heteroatoms. The normalized spacial score (nSPS) is 46.2. The Morgan fingerprint density at radius 1 is 1.24 bits per heavy atom. The number of nitrogens with two attached hydrogens (primary N) is 1. The van der Waals surface area contributed by atoms with E-state index in [-0.39, 0.29) is 5.54 Å². The first-order valence-electron chi connectivity index (χ1n) is 7.03. The van der Waals surface area contributed by atoms with Crippen molar-refractivity contribution in [3.05, 3.63) is 0 Å². The number of hydrogen-bond acceptors (Lipinski definition) is 3. The second-order valence-electron chi connectivity index (χ2n) is 6.45. The fraction of sp³-hybridized carbons (Fsp3) is 1.00. The van der Waals surface area contributed by atoms with E-state index in [0.717, 1.165) is 31.2 Å². The third-order valence-electron chi connectivity index (χ3n) is 4.77. The molecule has 0 spiro atoms. The molecule has 3 nitrogen and oxygen atoms in total. The van der Waals surface area contributed by atoms with Crippen LogP contribution in [0.15, 0.2) is 0 Å². The van der Waals surface area contributed by atoms with Crippen molar-refractivity contribution in [3.63, 3.8) is 0 Å². The maximum atomic E-state index is 6.10. The van der Waals surface area contributed by atoms with E-state index in [1.807, 2.05) is 0 Å². The molecule has 0 radical (unpaired) electrons. The molecular formula is C14H28N2O. The summed E-state index contributed by atoms with van der Waals surface area (Å²) in [7, 11) is 2.25. The molecule has 100 valence electrons. The highest BCUT2D eigenvalue weighted by Gasteiger charge is 2.43. The van der Waals surface area contributed by atoms with Crippen molar-refractivity contribution in [1.82, 2.24) is 4.90 Å². The zero-order valence-corrected chi connectivity index (χ0v) is 11.8.